The summed E-state index contributed by atoms with van der Waals surface area (Å²) in [4.78, 5) is 30.4. The predicted molar refractivity (Wildman–Crippen MR) is 112 cm³/mol. The minimum atomic E-state index is -0.621. The molecule has 2 aliphatic rings. The van der Waals surface area contributed by atoms with E-state index in [0.717, 1.165) is 13.0 Å². The van der Waals surface area contributed by atoms with Crippen molar-refractivity contribution in [2.45, 2.75) is 13.3 Å². The number of primary amides is 1. The molecule has 1 saturated carbocycles. The second-order valence-electron chi connectivity index (χ2n) is 7.67. The number of piperidine rings is 1. The summed E-state index contributed by atoms with van der Waals surface area (Å²) in [5.41, 5.74) is 7.85. The van der Waals surface area contributed by atoms with Gasteiger partial charge < -0.3 is 16.0 Å². The molecule has 7 heteroatoms. The van der Waals surface area contributed by atoms with Crippen LogP contribution in [0.25, 0.3) is 11.3 Å². The van der Waals surface area contributed by atoms with Crippen molar-refractivity contribution < 1.29 is 9.59 Å². The van der Waals surface area contributed by atoms with Crippen LogP contribution in [0, 0.1) is 34.5 Å². The van der Waals surface area contributed by atoms with E-state index in [9.17, 15) is 14.9 Å². The average molecular weight is 399 g/mol. The molecule has 2 atom stereocenters. The van der Waals surface area contributed by atoms with E-state index in [0.29, 0.717) is 34.6 Å². The van der Waals surface area contributed by atoms with Gasteiger partial charge in [-0.25, -0.2) is 4.98 Å². The van der Waals surface area contributed by atoms with Crippen molar-refractivity contribution in [3.05, 3.63) is 47.2 Å². The molecule has 0 spiro atoms. The Morgan fingerprint density at radius 1 is 1.37 bits per heavy atom. The number of carbonyl (C=O) groups excluding carboxylic acids is 2. The third-order valence-corrected chi connectivity index (χ3v) is 5.68. The maximum atomic E-state index is 12.4. The number of benzene rings is 1. The molecule has 2 amide bonds. The zero-order chi connectivity index (χ0) is 21.5. The normalized spacial score (nSPS) is 21.3. The molecular formula is C23H21N5O2. The largest absolute Gasteiger partial charge is 0.383 e. The molecule has 1 aliphatic carbocycles. The highest BCUT2D eigenvalue weighted by atomic mass is 16.2. The van der Waals surface area contributed by atoms with Gasteiger partial charge in [0, 0.05) is 37.2 Å². The summed E-state index contributed by atoms with van der Waals surface area (Å²) < 4.78 is 0. The van der Waals surface area contributed by atoms with Crippen LogP contribution in [-0.4, -0.2) is 41.8 Å². The summed E-state index contributed by atoms with van der Waals surface area (Å²) >= 11 is 0. The molecule has 1 aromatic carbocycles. The minimum absolute atomic E-state index is 0.0569. The van der Waals surface area contributed by atoms with Crippen molar-refractivity contribution in [2.75, 3.05) is 25.5 Å². The fourth-order valence-corrected chi connectivity index (χ4v) is 4.00. The summed E-state index contributed by atoms with van der Waals surface area (Å²) in [5.74, 6) is 5.92. The van der Waals surface area contributed by atoms with E-state index in [1.54, 1.807) is 42.3 Å². The van der Waals surface area contributed by atoms with E-state index in [4.69, 9.17) is 5.73 Å². The second kappa shape index (κ2) is 7.20. The Morgan fingerprint density at radius 2 is 2.17 bits per heavy atom. The third-order valence-electron chi connectivity index (χ3n) is 5.68. The highest BCUT2D eigenvalue weighted by molar-refractivity contribution is 5.97. The number of anilines is 1. The highest BCUT2D eigenvalue weighted by Gasteiger charge is 2.65. The van der Waals surface area contributed by atoms with Crippen molar-refractivity contribution in [1.29, 1.82) is 5.26 Å². The van der Waals surface area contributed by atoms with Gasteiger partial charge >= 0.3 is 0 Å². The van der Waals surface area contributed by atoms with Gasteiger partial charge in [0.2, 0.25) is 5.91 Å². The fourth-order valence-electron chi connectivity index (χ4n) is 4.00. The number of pyridine rings is 1. The Kier molecular flexibility index (Phi) is 4.67. The highest BCUT2D eigenvalue weighted by Crippen LogP contribution is 2.57. The van der Waals surface area contributed by atoms with E-state index in [1.807, 2.05) is 6.92 Å². The van der Waals surface area contributed by atoms with Crippen LogP contribution in [0.15, 0.2) is 30.3 Å². The molecule has 2 heterocycles. The molecule has 7 nitrogen and oxygen atoms in total. The Balaban J connectivity index is 1.72. The zero-order valence-electron chi connectivity index (χ0n) is 16.8. The number of hydrogen-bond donors (Lipinski definition) is 2. The van der Waals surface area contributed by atoms with Gasteiger partial charge in [-0.1, -0.05) is 17.9 Å². The molecule has 1 unspecified atom stereocenters. The first-order valence-electron chi connectivity index (χ1n) is 9.77. The molecular weight excluding hydrogens is 378 g/mol. The van der Waals surface area contributed by atoms with Gasteiger partial charge in [-0.3, -0.25) is 9.59 Å². The number of aromatic nitrogens is 1. The number of likely N-dealkylation sites (tertiary alicyclic amines) is 1. The lowest BCUT2D eigenvalue weighted by Gasteiger charge is -2.11. The van der Waals surface area contributed by atoms with E-state index in [2.05, 4.69) is 28.2 Å². The van der Waals surface area contributed by atoms with Crippen LogP contribution in [0.3, 0.4) is 0 Å². The smallest absolute Gasteiger partial charge is 0.269 e. The predicted octanol–water partition coefficient (Wildman–Crippen LogP) is 1.98. The van der Waals surface area contributed by atoms with E-state index < -0.39 is 11.3 Å². The number of nitrogens with two attached hydrogens (primary N) is 1. The van der Waals surface area contributed by atoms with E-state index in [1.165, 1.54) is 0 Å². The average Bonchev–Trinajstić information content (AvgIpc) is 3.39. The molecule has 1 aromatic heterocycles. The van der Waals surface area contributed by atoms with Crippen LogP contribution < -0.4 is 11.1 Å². The van der Waals surface area contributed by atoms with Crippen LogP contribution in [0.1, 0.15) is 35.0 Å². The van der Waals surface area contributed by atoms with Crippen LogP contribution >= 0.6 is 0 Å². The number of amides is 2. The number of nitrogens with one attached hydrogen (secondary N) is 1. The Morgan fingerprint density at radius 3 is 2.80 bits per heavy atom. The number of hydrogen-bond acceptors (Lipinski definition) is 5. The lowest BCUT2D eigenvalue weighted by Crippen LogP contribution is -2.27. The van der Waals surface area contributed by atoms with Crippen molar-refractivity contribution in [3.63, 3.8) is 0 Å². The summed E-state index contributed by atoms with van der Waals surface area (Å²) in [7, 11) is 1.79. The second-order valence-corrected chi connectivity index (χ2v) is 7.67. The molecule has 2 aromatic rings. The van der Waals surface area contributed by atoms with E-state index >= 15 is 0 Å². The van der Waals surface area contributed by atoms with Crippen LogP contribution in [0.2, 0.25) is 0 Å². The molecule has 0 radical (unpaired) electrons. The lowest BCUT2D eigenvalue weighted by atomic mass is 10.00. The molecule has 1 saturated heterocycles. The van der Waals surface area contributed by atoms with Gasteiger partial charge in [-0.05, 0) is 37.6 Å². The number of carbonyl (C=O) groups is 2. The van der Waals surface area contributed by atoms with Crippen LogP contribution in [0.4, 0.5) is 5.69 Å². The standard InChI is InChI=1S/C23H21N5O2/c1-3-26-19-7-6-18(27-20(19)21(25)29)15-4-5-16(12-24)14(10-15)8-9-23-11-17(23)13-28(2)22(23)30/h4-7,10,17,26H,3,11,13H2,1-2H3,(H2,25,29)/t17?,23-/m0/s1. The first-order valence-corrected chi connectivity index (χ1v) is 9.77. The number of nitriles is 1. The number of fused-ring (bicyclic) bond motifs is 1. The minimum Gasteiger partial charge on any atom is -0.383 e. The molecule has 0 bridgehead atoms. The van der Waals surface area contributed by atoms with E-state index in [-0.39, 0.29) is 17.5 Å². The molecule has 3 N–H and O–H groups in total. The van der Waals surface area contributed by atoms with Crippen LogP contribution in [-0.2, 0) is 4.79 Å². The lowest BCUT2D eigenvalue weighted by molar-refractivity contribution is -0.130. The van der Waals surface area contributed by atoms with Gasteiger partial charge in [0.15, 0.2) is 5.69 Å². The van der Waals surface area contributed by atoms with Gasteiger partial charge in [-0.15, -0.1) is 0 Å². The van der Waals surface area contributed by atoms with Gasteiger partial charge in [0.25, 0.3) is 5.91 Å². The van der Waals surface area contributed by atoms with Crippen molar-refractivity contribution in [3.8, 4) is 29.2 Å². The van der Waals surface area contributed by atoms with Gasteiger partial charge in [-0.2, -0.15) is 5.26 Å². The fraction of sp³-hybridized carbons (Fsp3) is 0.304. The molecule has 30 heavy (non-hydrogen) atoms. The quantitative estimate of drug-likeness (QED) is 0.764. The Hall–Kier alpha value is -3.84. The summed E-state index contributed by atoms with van der Waals surface area (Å²) in [6, 6.07) is 10.9. The maximum absolute atomic E-state index is 12.4. The van der Waals surface area contributed by atoms with Crippen molar-refractivity contribution in [2.24, 2.45) is 17.1 Å². The van der Waals surface area contributed by atoms with Crippen molar-refractivity contribution >= 4 is 17.5 Å². The summed E-state index contributed by atoms with van der Waals surface area (Å²) in [6.45, 7) is 3.28. The Bertz CT molecular complexity index is 1170. The SMILES string of the molecule is CCNc1ccc(-c2ccc(C#N)c(C#C[C@]34CC3CN(C)C4=O)c2)nc1C(N)=O. The molecule has 2 fully saturated rings. The zero-order valence-corrected chi connectivity index (χ0v) is 16.8. The summed E-state index contributed by atoms with van der Waals surface area (Å²) in [5, 5.41) is 12.5. The first kappa shape index (κ1) is 19.5. The Labute approximate surface area is 174 Å². The monoisotopic (exact) mass is 399 g/mol. The third kappa shape index (κ3) is 3.15. The molecule has 1 aliphatic heterocycles. The van der Waals surface area contributed by atoms with Gasteiger partial charge in [0.05, 0.1) is 16.9 Å². The first-order chi connectivity index (χ1) is 14.4. The number of rotatable bonds is 4. The topological polar surface area (TPSA) is 112 Å². The maximum Gasteiger partial charge on any atom is 0.269 e. The molecule has 4 rings (SSSR count). The van der Waals surface area contributed by atoms with Crippen molar-refractivity contribution in [1.82, 2.24) is 9.88 Å². The number of nitrogens with zero attached hydrogens (tertiary/aromatic N) is 3. The van der Waals surface area contributed by atoms with Gasteiger partial charge in [0.1, 0.15) is 11.5 Å². The van der Waals surface area contributed by atoms with Crippen LogP contribution in [0.5, 0.6) is 0 Å². The molecule has 150 valence electrons. The summed E-state index contributed by atoms with van der Waals surface area (Å²) in [6.07, 6.45) is 0.778.